The van der Waals surface area contributed by atoms with Crippen molar-refractivity contribution in [2.24, 2.45) is 0 Å². The minimum absolute atomic E-state index is 0.758. The molecular formula is C30H17BNO2. The third-order valence-electron chi connectivity index (χ3n) is 7.23. The van der Waals surface area contributed by atoms with Crippen molar-refractivity contribution in [2.75, 3.05) is 0 Å². The van der Waals surface area contributed by atoms with Crippen LogP contribution in [0.2, 0.25) is 0 Å². The van der Waals surface area contributed by atoms with Gasteiger partial charge in [-0.2, -0.15) is 0 Å². The molecule has 0 aliphatic heterocycles. The van der Waals surface area contributed by atoms with Crippen molar-refractivity contribution in [2.45, 2.75) is 0 Å². The molecular weight excluding hydrogens is 417 g/mol. The number of benzene rings is 6. The van der Waals surface area contributed by atoms with E-state index in [1.165, 1.54) is 43.4 Å². The van der Waals surface area contributed by atoms with Crippen LogP contribution in [-0.4, -0.2) is 17.1 Å². The quantitative estimate of drug-likeness (QED) is 0.244. The minimum atomic E-state index is 0.758. The summed E-state index contributed by atoms with van der Waals surface area (Å²) in [5, 5.41) is 19.5. The van der Waals surface area contributed by atoms with E-state index >= 15 is 0 Å². The van der Waals surface area contributed by atoms with E-state index in [4.69, 9.17) is 4.42 Å². The molecule has 0 spiro atoms. The molecule has 0 aliphatic carbocycles. The first-order chi connectivity index (χ1) is 16.8. The molecule has 1 N–H and O–H groups in total. The van der Waals surface area contributed by atoms with Crippen LogP contribution in [0.4, 0.5) is 0 Å². The Morgan fingerprint density at radius 1 is 0.559 bits per heavy atom. The van der Waals surface area contributed by atoms with Crippen LogP contribution in [0.25, 0.3) is 71.0 Å². The van der Waals surface area contributed by atoms with Gasteiger partial charge in [-0.15, -0.1) is 0 Å². The lowest BCUT2D eigenvalue weighted by atomic mass is 9.85. The van der Waals surface area contributed by atoms with Gasteiger partial charge in [0, 0.05) is 27.2 Å². The van der Waals surface area contributed by atoms with E-state index in [-0.39, 0.29) is 0 Å². The van der Waals surface area contributed by atoms with E-state index < -0.39 is 0 Å². The van der Waals surface area contributed by atoms with Crippen LogP contribution in [0, 0.1) is 0 Å². The van der Waals surface area contributed by atoms with Gasteiger partial charge in [0.05, 0.1) is 11.0 Å². The average molecular weight is 434 g/mol. The van der Waals surface area contributed by atoms with E-state index in [1.54, 1.807) is 0 Å². The number of aromatic nitrogens is 1. The number of rotatable bonds is 2. The van der Waals surface area contributed by atoms with Crippen molar-refractivity contribution in [3.8, 4) is 5.69 Å². The second kappa shape index (κ2) is 6.40. The van der Waals surface area contributed by atoms with Crippen molar-refractivity contribution in [3.05, 3.63) is 97.1 Å². The highest BCUT2D eigenvalue weighted by atomic mass is 16.3. The topological polar surface area (TPSA) is 38.3 Å². The van der Waals surface area contributed by atoms with Gasteiger partial charge in [-0.25, -0.2) is 0 Å². The first kappa shape index (κ1) is 18.2. The molecule has 0 aliphatic rings. The Morgan fingerprint density at radius 2 is 1.21 bits per heavy atom. The predicted octanol–water partition coefficient (Wildman–Crippen LogP) is 6.66. The highest BCUT2D eigenvalue weighted by Crippen LogP contribution is 2.43. The van der Waals surface area contributed by atoms with Gasteiger partial charge in [-0.3, -0.25) is 0 Å². The standard InChI is InChI=1S/C30H17BNO2/c33-31-23-10-5-13-27-28(23)22-16-17(14-15-26(22)34-27)32-24-11-3-8-20-18-6-1-2-7-19(18)21-9-4-12-25(32)30(21)29(20)24/h1-16,33H. The van der Waals surface area contributed by atoms with Crippen LogP contribution in [-0.2, 0) is 0 Å². The van der Waals surface area contributed by atoms with E-state index in [9.17, 15) is 5.02 Å². The molecule has 3 nitrogen and oxygen atoms in total. The second-order valence-corrected chi connectivity index (χ2v) is 8.91. The fraction of sp³-hybridized carbons (Fsp3) is 0. The molecule has 1 radical (unpaired) electrons. The van der Waals surface area contributed by atoms with Crippen LogP contribution < -0.4 is 5.46 Å². The van der Waals surface area contributed by atoms with Gasteiger partial charge in [0.1, 0.15) is 11.2 Å². The SMILES string of the molecule is O[B]c1cccc2oc3ccc(-n4c5cccc6c7ccccc7c7cccc4c7c65)cc3c12. The summed E-state index contributed by atoms with van der Waals surface area (Å²) in [6, 6.07) is 34.0. The van der Waals surface area contributed by atoms with Crippen LogP contribution in [0.5, 0.6) is 0 Å². The number of hydrogen-bond acceptors (Lipinski definition) is 2. The number of nitrogens with zero attached hydrogens (tertiary/aromatic N) is 1. The lowest BCUT2D eigenvalue weighted by Crippen LogP contribution is -2.13. The summed E-state index contributed by atoms with van der Waals surface area (Å²) in [5.41, 5.74) is 5.80. The molecule has 4 heteroatoms. The van der Waals surface area contributed by atoms with Gasteiger partial charge in [0.15, 0.2) is 0 Å². The molecule has 6 aromatic carbocycles. The summed E-state index contributed by atoms with van der Waals surface area (Å²) >= 11 is 0. The molecule has 0 bridgehead atoms. The molecule has 0 saturated heterocycles. The van der Waals surface area contributed by atoms with E-state index in [0.29, 0.717) is 0 Å². The summed E-state index contributed by atoms with van der Waals surface area (Å²) in [7, 11) is 1.16. The van der Waals surface area contributed by atoms with Crippen molar-refractivity contribution in [1.82, 2.24) is 4.57 Å². The van der Waals surface area contributed by atoms with E-state index in [2.05, 4.69) is 77.4 Å². The van der Waals surface area contributed by atoms with Crippen LogP contribution in [0.15, 0.2) is 101 Å². The smallest absolute Gasteiger partial charge is 0.327 e. The minimum Gasteiger partial charge on any atom is -0.456 e. The summed E-state index contributed by atoms with van der Waals surface area (Å²) in [5.74, 6) is 0. The molecule has 34 heavy (non-hydrogen) atoms. The van der Waals surface area contributed by atoms with Gasteiger partial charge in [-0.1, -0.05) is 60.7 Å². The van der Waals surface area contributed by atoms with Crippen LogP contribution in [0.3, 0.4) is 0 Å². The normalized spacial score (nSPS) is 12.3. The zero-order valence-corrected chi connectivity index (χ0v) is 18.1. The Kier molecular flexibility index (Phi) is 3.42. The molecule has 8 aromatic rings. The third kappa shape index (κ3) is 2.16. The summed E-state index contributed by atoms with van der Waals surface area (Å²) in [6.45, 7) is 0. The maximum Gasteiger partial charge on any atom is 0.327 e. The number of hydrogen-bond donors (Lipinski definition) is 1. The highest BCUT2D eigenvalue weighted by Gasteiger charge is 2.20. The fourth-order valence-corrected chi connectivity index (χ4v) is 5.88. The first-order valence-electron chi connectivity index (χ1n) is 11.4. The molecule has 0 amide bonds. The molecule has 0 unspecified atom stereocenters. The maximum absolute atomic E-state index is 9.83. The largest absolute Gasteiger partial charge is 0.456 e. The molecule has 8 rings (SSSR count). The zero-order valence-electron chi connectivity index (χ0n) is 18.1. The molecule has 2 aromatic heterocycles. The summed E-state index contributed by atoms with van der Waals surface area (Å²) in [4.78, 5) is 0. The Labute approximate surface area is 195 Å². The Morgan fingerprint density at radius 3 is 1.88 bits per heavy atom. The van der Waals surface area contributed by atoms with Crippen molar-refractivity contribution in [1.29, 1.82) is 0 Å². The maximum atomic E-state index is 9.83. The number of fused-ring (bicyclic) bond motifs is 6. The fourth-order valence-electron chi connectivity index (χ4n) is 5.88. The van der Waals surface area contributed by atoms with Gasteiger partial charge < -0.3 is 14.0 Å². The zero-order chi connectivity index (χ0) is 22.4. The van der Waals surface area contributed by atoms with Gasteiger partial charge in [0.25, 0.3) is 0 Å². The second-order valence-electron chi connectivity index (χ2n) is 8.91. The average Bonchev–Trinajstić information content (AvgIpc) is 3.44. The first-order valence-corrected chi connectivity index (χ1v) is 11.4. The lowest BCUT2D eigenvalue weighted by molar-refractivity contribution is 0.615. The van der Waals surface area contributed by atoms with Gasteiger partial charge >= 0.3 is 7.48 Å². The summed E-state index contributed by atoms with van der Waals surface area (Å²) < 4.78 is 8.45. The Bertz CT molecular complexity index is 1980. The Balaban J connectivity index is 1.56. The molecule has 0 atom stereocenters. The van der Waals surface area contributed by atoms with E-state index in [0.717, 1.165) is 40.6 Å². The molecule has 0 saturated carbocycles. The van der Waals surface area contributed by atoms with Crippen molar-refractivity contribution < 1.29 is 9.44 Å². The van der Waals surface area contributed by atoms with E-state index in [1.807, 2.05) is 24.3 Å². The van der Waals surface area contributed by atoms with Gasteiger partial charge in [0.2, 0.25) is 0 Å². The number of furan rings is 1. The van der Waals surface area contributed by atoms with Crippen molar-refractivity contribution in [3.63, 3.8) is 0 Å². The third-order valence-corrected chi connectivity index (χ3v) is 7.23. The summed E-state index contributed by atoms with van der Waals surface area (Å²) in [6.07, 6.45) is 0. The lowest BCUT2D eigenvalue weighted by Gasteiger charge is -2.08. The van der Waals surface area contributed by atoms with Crippen molar-refractivity contribution >= 4 is 78.2 Å². The molecule has 0 fully saturated rings. The Hall–Kier alpha value is -4.28. The molecule has 157 valence electrons. The van der Waals surface area contributed by atoms with Crippen LogP contribution >= 0.6 is 0 Å². The van der Waals surface area contributed by atoms with Gasteiger partial charge in [-0.05, 0) is 63.4 Å². The molecule has 2 heterocycles. The predicted molar refractivity (Wildman–Crippen MR) is 142 cm³/mol. The van der Waals surface area contributed by atoms with Crippen LogP contribution in [0.1, 0.15) is 0 Å². The monoisotopic (exact) mass is 434 g/mol. The highest BCUT2D eigenvalue weighted by molar-refractivity contribution is 6.51.